The second-order valence-corrected chi connectivity index (χ2v) is 7.43. The number of amides is 1. The van der Waals surface area contributed by atoms with Gasteiger partial charge in [0.25, 0.3) is 5.22 Å². The topological polar surface area (TPSA) is 70.1 Å². The number of hydrogen-bond acceptors (Lipinski definition) is 5. The maximum absolute atomic E-state index is 13.1. The van der Waals surface area contributed by atoms with Gasteiger partial charge < -0.3 is 9.32 Å². The second kappa shape index (κ2) is 9.39. The van der Waals surface area contributed by atoms with Crippen molar-refractivity contribution < 1.29 is 13.6 Å². The molecule has 0 aliphatic carbocycles. The van der Waals surface area contributed by atoms with Crippen LogP contribution in [0.25, 0.3) is 11.3 Å². The number of nitrogens with zero attached hydrogens (tertiary/aromatic N) is 3. The first-order valence-electron chi connectivity index (χ1n) is 9.07. The Labute approximate surface area is 173 Å². The molecule has 1 heterocycles. The first-order chi connectivity index (χ1) is 14.0. The summed E-state index contributed by atoms with van der Waals surface area (Å²) in [7, 11) is 0. The fraction of sp³-hybridized carbons (Fsp3) is 0.227. The smallest absolute Gasteiger partial charge is 0.256 e. The minimum absolute atomic E-state index is 0.127. The van der Waals surface area contributed by atoms with Crippen LogP contribution in [0.15, 0.2) is 58.3 Å². The average molecular weight is 409 g/mol. The molecule has 0 saturated heterocycles. The van der Waals surface area contributed by atoms with Crippen LogP contribution in [0.5, 0.6) is 0 Å². The molecule has 0 saturated carbocycles. The highest BCUT2D eigenvalue weighted by Crippen LogP contribution is 2.27. The predicted molar refractivity (Wildman–Crippen MR) is 111 cm³/mol. The van der Waals surface area contributed by atoms with Crippen LogP contribution in [0.2, 0.25) is 0 Å². The van der Waals surface area contributed by atoms with Crippen molar-refractivity contribution in [1.29, 1.82) is 5.26 Å². The summed E-state index contributed by atoms with van der Waals surface area (Å²) in [6, 6.07) is 13.8. The number of rotatable bonds is 7. The highest BCUT2D eigenvalue weighted by atomic mass is 32.2. The molecule has 3 rings (SSSR count). The molecule has 3 aromatic rings. The van der Waals surface area contributed by atoms with Crippen LogP contribution in [-0.2, 0) is 4.79 Å². The van der Waals surface area contributed by atoms with E-state index >= 15 is 0 Å². The van der Waals surface area contributed by atoms with E-state index < -0.39 is 0 Å². The minimum Gasteiger partial charge on any atom is -0.431 e. The normalized spacial score (nSPS) is 10.6. The van der Waals surface area contributed by atoms with E-state index in [-0.39, 0.29) is 23.9 Å². The molecular formula is C22H20FN3O2S. The van der Waals surface area contributed by atoms with Gasteiger partial charge in [-0.3, -0.25) is 4.79 Å². The number of nitriles is 1. The van der Waals surface area contributed by atoms with Gasteiger partial charge in [0.05, 0.1) is 24.4 Å². The summed E-state index contributed by atoms with van der Waals surface area (Å²) in [5, 5.41) is 9.30. The Morgan fingerprint density at radius 2 is 1.97 bits per heavy atom. The van der Waals surface area contributed by atoms with Crippen molar-refractivity contribution in [3.05, 3.63) is 65.6 Å². The van der Waals surface area contributed by atoms with Crippen molar-refractivity contribution in [1.82, 2.24) is 4.98 Å². The highest BCUT2D eigenvalue weighted by Gasteiger charge is 2.18. The predicted octanol–water partition coefficient (Wildman–Crippen LogP) is 5.14. The number of carbonyl (C=O) groups is 1. The van der Waals surface area contributed by atoms with Crippen LogP contribution < -0.4 is 4.90 Å². The van der Waals surface area contributed by atoms with E-state index in [1.807, 2.05) is 32.0 Å². The average Bonchev–Trinajstić information content (AvgIpc) is 3.19. The van der Waals surface area contributed by atoms with Crippen LogP contribution in [0.4, 0.5) is 10.1 Å². The van der Waals surface area contributed by atoms with E-state index in [4.69, 9.17) is 9.68 Å². The van der Waals surface area contributed by atoms with Gasteiger partial charge in [-0.15, -0.1) is 0 Å². The number of thioether (sulfide) groups is 1. The summed E-state index contributed by atoms with van der Waals surface area (Å²) >= 11 is 1.19. The van der Waals surface area contributed by atoms with Gasteiger partial charge in [0.1, 0.15) is 5.82 Å². The van der Waals surface area contributed by atoms with Gasteiger partial charge in [0, 0.05) is 17.8 Å². The first kappa shape index (κ1) is 20.6. The molecule has 0 atom stereocenters. The Bertz CT molecular complexity index is 1040. The number of carbonyl (C=O) groups excluding carboxylic acids is 1. The standard InChI is InChI=1S/C22H20FN3O2S/c1-15-4-9-19(12-16(15)2)26(11-3-10-24)21(27)14-29-22-25-13-20(28-22)17-5-7-18(23)8-6-17/h4-9,12-13H,3,11,14H2,1-2H3. The molecule has 148 valence electrons. The molecule has 0 fully saturated rings. The zero-order valence-corrected chi connectivity index (χ0v) is 17.0. The number of hydrogen-bond donors (Lipinski definition) is 0. The fourth-order valence-electron chi connectivity index (χ4n) is 2.73. The largest absolute Gasteiger partial charge is 0.431 e. The van der Waals surface area contributed by atoms with Crippen molar-refractivity contribution in [2.45, 2.75) is 25.5 Å². The number of halogens is 1. The van der Waals surface area contributed by atoms with Crippen molar-refractivity contribution in [3.63, 3.8) is 0 Å². The summed E-state index contributed by atoms with van der Waals surface area (Å²) in [6.45, 7) is 4.33. The first-order valence-corrected chi connectivity index (χ1v) is 10.1. The Morgan fingerprint density at radius 1 is 1.21 bits per heavy atom. The number of benzene rings is 2. The van der Waals surface area contributed by atoms with Crippen LogP contribution in [0.3, 0.4) is 0 Å². The van der Waals surface area contributed by atoms with E-state index in [9.17, 15) is 9.18 Å². The molecule has 0 N–H and O–H groups in total. The molecule has 1 amide bonds. The number of anilines is 1. The molecule has 7 heteroatoms. The van der Waals surface area contributed by atoms with Gasteiger partial charge >= 0.3 is 0 Å². The Morgan fingerprint density at radius 3 is 2.66 bits per heavy atom. The van der Waals surface area contributed by atoms with Gasteiger partial charge in [-0.1, -0.05) is 17.8 Å². The fourth-order valence-corrected chi connectivity index (χ4v) is 3.41. The quantitative estimate of drug-likeness (QED) is 0.506. The van der Waals surface area contributed by atoms with E-state index in [0.29, 0.717) is 23.1 Å². The molecule has 5 nitrogen and oxygen atoms in total. The van der Waals surface area contributed by atoms with Gasteiger partial charge in [-0.2, -0.15) is 5.26 Å². The summed E-state index contributed by atoms with van der Waals surface area (Å²) in [6.07, 6.45) is 1.80. The minimum atomic E-state index is -0.322. The van der Waals surface area contributed by atoms with Crippen LogP contribution >= 0.6 is 11.8 Å². The third-order valence-corrected chi connectivity index (χ3v) is 5.31. The monoisotopic (exact) mass is 409 g/mol. The molecule has 0 bridgehead atoms. The lowest BCUT2D eigenvalue weighted by Gasteiger charge is -2.22. The van der Waals surface area contributed by atoms with Gasteiger partial charge in [-0.05, 0) is 61.4 Å². The van der Waals surface area contributed by atoms with Crippen LogP contribution in [0.1, 0.15) is 17.5 Å². The highest BCUT2D eigenvalue weighted by molar-refractivity contribution is 7.99. The maximum atomic E-state index is 13.1. The van der Waals surface area contributed by atoms with Crippen LogP contribution in [-0.4, -0.2) is 23.2 Å². The zero-order valence-electron chi connectivity index (χ0n) is 16.2. The van der Waals surface area contributed by atoms with Crippen molar-refractivity contribution in [3.8, 4) is 17.4 Å². The summed E-state index contributed by atoms with van der Waals surface area (Å²) in [4.78, 5) is 18.6. The number of aromatic nitrogens is 1. The second-order valence-electron chi connectivity index (χ2n) is 6.51. The Hall–Kier alpha value is -3.11. The van der Waals surface area contributed by atoms with Crippen molar-refractivity contribution >= 4 is 23.4 Å². The number of oxazole rings is 1. The Balaban J connectivity index is 1.69. The SMILES string of the molecule is Cc1ccc(N(CCC#N)C(=O)CSc2ncc(-c3ccc(F)cc3)o2)cc1C. The third-order valence-electron chi connectivity index (χ3n) is 4.48. The van der Waals surface area contributed by atoms with Gasteiger partial charge in [-0.25, -0.2) is 9.37 Å². The van der Waals surface area contributed by atoms with Crippen molar-refractivity contribution in [2.75, 3.05) is 17.2 Å². The lowest BCUT2D eigenvalue weighted by Crippen LogP contribution is -2.33. The van der Waals surface area contributed by atoms with E-state index in [1.54, 1.807) is 23.2 Å². The molecule has 0 aliphatic rings. The van der Waals surface area contributed by atoms with Crippen LogP contribution in [0, 0.1) is 31.0 Å². The molecule has 1 aromatic heterocycles. The number of aryl methyl sites for hydroxylation is 2. The molecule has 0 spiro atoms. The molecule has 0 unspecified atom stereocenters. The van der Waals surface area contributed by atoms with E-state index in [1.165, 1.54) is 23.9 Å². The molecule has 0 aliphatic heterocycles. The van der Waals surface area contributed by atoms with Gasteiger partial charge in [0.15, 0.2) is 5.76 Å². The summed E-state index contributed by atoms with van der Waals surface area (Å²) < 4.78 is 18.7. The molecule has 29 heavy (non-hydrogen) atoms. The summed E-state index contributed by atoms with van der Waals surface area (Å²) in [5.41, 5.74) is 3.71. The summed E-state index contributed by atoms with van der Waals surface area (Å²) in [5.74, 6) is 0.185. The van der Waals surface area contributed by atoms with Gasteiger partial charge in [0.2, 0.25) is 5.91 Å². The molecule has 2 aromatic carbocycles. The van der Waals surface area contributed by atoms with Crippen molar-refractivity contribution in [2.24, 2.45) is 0 Å². The lowest BCUT2D eigenvalue weighted by molar-refractivity contribution is -0.116. The molecule has 0 radical (unpaired) electrons. The zero-order chi connectivity index (χ0) is 20.8. The molecular weight excluding hydrogens is 389 g/mol. The maximum Gasteiger partial charge on any atom is 0.256 e. The van der Waals surface area contributed by atoms with E-state index in [0.717, 1.165) is 16.8 Å². The lowest BCUT2D eigenvalue weighted by atomic mass is 10.1. The Kier molecular flexibility index (Phi) is 6.68. The third kappa shape index (κ3) is 5.24. The van der Waals surface area contributed by atoms with E-state index in [2.05, 4.69) is 11.1 Å².